The van der Waals surface area contributed by atoms with Crippen LogP contribution in [0.25, 0.3) is 0 Å². The summed E-state index contributed by atoms with van der Waals surface area (Å²) in [6, 6.07) is 9.22. The van der Waals surface area contributed by atoms with Crippen molar-refractivity contribution in [2.45, 2.75) is 12.6 Å². The summed E-state index contributed by atoms with van der Waals surface area (Å²) < 4.78 is 5.77. The fourth-order valence-electron chi connectivity index (χ4n) is 2.48. The molecule has 0 bridgehead atoms. The van der Waals surface area contributed by atoms with Crippen molar-refractivity contribution >= 4 is 40.6 Å². The number of nitrogens with one attached hydrogen (secondary N) is 1. The third-order valence-electron chi connectivity index (χ3n) is 3.60. The predicted molar refractivity (Wildman–Crippen MR) is 93.3 cm³/mol. The predicted octanol–water partition coefficient (Wildman–Crippen LogP) is 4.34. The van der Waals surface area contributed by atoms with Crippen LogP contribution in [0.5, 0.6) is 0 Å². The maximum Gasteiger partial charge on any atom is 0.317 e. The molecule has 2 heterocycles. The van der Waals surface area contributed by atoms with Gasteiger partial charge >= 0.3 is 6.03 Å². The molecule has 0 saturated carbocycles. The number of thiophene rings is 1. The van der Waals surface area contributed by atoms with Crippen LogP contribution in [-0.4, -0.2) is 30.6 Å². The lowest BCUT2D eigenvalue weighted by molar-refractivity contribution is -0.0154. The molecule has 2 amide bonds. The van der Waals surface area contributed by atoms with Crippen molar-refractivity contribution in [1.82, 2.24) is 10.2 Å². The van der Waals surface area contributed by atoms with Gasteiger partial charge in [0.2, 0.25) is 0 Å². The molecular weight excluding hydrogens is 355 g/mol. The highest BCUT2D eigenvalue weighted by Crippen LogP contribution is 2.28. The average Bonchev–Trinajstić information content (AvgIpc) is 3.05. The van der Waals surface area contributed by atoms with Crippen molar-refractivity contribution in [2.24, 2.45) is 0 Å². The Kier molecular flexibility index (Phi) is 5.43. The number of carbonyl (C=O) groups is 1. The first-order chi connectivity index (χ1) is 11.1. The van der Waals surface area contributed by atoms with E-state index in [0.717, 1.165) is 10.4 Å². The van der Waals surface area contributed by atoms with Gasteiger partial charge in [0.25, 0.3) is 0 Å². The Labute approximate surface area is 149 Å². The summed E-state index contributed by atoms with van der Waals surface area (Å²) in [6.45, 7) is 2.08. The van der Waals surface area contributed by atoms with Crippen LogP contribution in [0.15, 0.2) is 35.7 Å². The number of hydrogen-bond donors (Lipinski definition) is 1. The standard InChI is InChI=1S/C16H16Cl2N2O2S/c17-12-6-11(7-13(18)8-12)15-10-20(3-4-22-15)16(21)19-9-14-2-1-5-23-14/h1-2,5-8,15H,3-4,9-10H2,(H,19,21)/t15-/m1/s1. The van der Waals surface area contributed by atoms with Crippen LogP contribution < -0.4 is 5.32 Å². The van der Waals surface area contributed by atoms with Gasteiger partial charge in [0, 0.05) is 21.5 Å². The van der Waals surface area contributed by atoms with Crippen LogP contribution in [-0.2, 0) is 11.3 Å². The second kappa shape index (κ2) is 7.53. The molecule has 3 rings (SSSR count). The Balaban J connectivity index is 1.62. The number of ether oxygens (including phenoxy) is 1. The molecule has 122 valence electrons. The average molecular weight is 371 g/mol. The molecule has 23 heavy (non-hydrogen) atoms. The van der Waals surface area contributed by atoms with Crippen molar-refractivity contribution in [2.75, 3.05) is 19.7 Å². The zero-order chi connectivity index (χ0) is 16.2. The van der Waals surface area contributed by atoms with E-state index in [-0.39, 0.29) is 12.1 Å². The molecule has 2 aromatic rings. The molecule has 1 aliphatic rings. The Hall–Kier alpha value is -1.27. The number of rotatable bonds is 3. The molecule has 1 fully saturated rings. The number of urea groups is 1. The quantitative estimate of drug-likeness (QED) is 0.872. The zero-order valence-corrected chi connectivity index (χ0v) is 14.6. The molecule has 0 aliphatic carbocycles. The van der Waals surface area contributed by atoms with E-state index in [4.69, 9.17) is 27.9 Å². The summed E-state index contributed by atoms with van der Waals surface area (Å²) in [5.41, 5.74) is 0.887. The van der Waals surface area contributed by atoms with Gasteiger partial charge in [-0.05, 0) is 35.2 Å². The van der Waals surface area contributed by atoms with Gasteiger partial charge in [-0.3, -0.25) is 0 Å². The van der Waals surface area contributed by atoms with E-state index in [2.05, 4.69) is 5.32 Å². The zero-order valence-electron chi connectivity index (χ0n) is 12.3. The maximum absolute atomic E-state index is 12.3. The number of hydrogen-bond acceptors (Lipinski definition) is 3. The lowest BCUT2D eigenvalue weighted by Crippen LogP contribution is -2.46. The molecule has 4 nitrogen and oxygen atoms in total. The molecule has 0 radical (unpaired) electrons. The second-order valence-electron chi connectivity index (χ2n) is 5.25. The first-order valence-electron chi connectivity index (χ1n) is 7.24. The summed E-state index contributed by atoms with van der Waals surface area (Å²) in [4.78, 5) is 15.2. The van der Waals surface area contributed by atoms with Gasteiger partial charge in [0.1, 0.15) is 6.10 Å². The fraction of sp³-hybridized carbons (Fsp3) is 0.312. The molecule has 0 unspecified atom stereocenters. The first-order valence-corrected chi connectivity index (χ1v) is 8.88. The smallest absolute Gasteiger partial charge is 0.317 e. The van der Waals surface area contributed by atoms with E-state index in [1.165, 1.54) is 0 Å². The lowest BCUT2D eigenvalue weighted by Gasteiger charge is -2.33. The van der Waals surface area contributed by atoms with Gasteiger partial charge in [-0.25, -0.2) is 4.79 Å². The minimum atomic E-state index is -0.215. The largest absolute Gasteiger partial charge is 0.370 e. The molecule has 1 saturated heterocycles. The number of amides is 2. The highest BCUT2D eigenvalue weighted by atomic mass is 35.5. The third kappa shape index (κ3) is 4.38. The highest BCUT2D eigenvalue weighted by molar-refractivity contribution is 7.09. The number of nitrogens with zero attached hydrogens (tertiary/aromatic N) is 1. The monoisotopic (exact) mass is 370 g/mol. The molecule has 7 heteroatoms. The Morgan fingerprint density at radius 3 is 2.83 bits per heavy atom. The van der Waals surface area contributed by atoms with E-state index in [0.29, 0.717) is 36.3 Å². The van der Waals surface area contributed by atoms with E-state index in [1.54, 1.807) is 22.3 Å². The molecular formula is C16H16Cl2N2O2S. The van der Waals surface area contributed by atoms with Crippen LogP contribution in [0.2, 0.25) is 10.0 Å². The van der Waals surface area contributed by atoms with E-state index in [9.17, 15) is 4.79 Å². The maximum atomic E-state index is 12.3. The normalized spacial score (nSPS) is 18.0. The first kappa shape index (κ1) is 16.6. The number of morpholine rings is 1. The molecule has 1 aromatic heterocycles. The Bertz CT molecular complexity index is 658. The van der Waals surface area contributed by atoms with Gasteiger partial charge in [-0.1, -0.05) is 29.3 Å². The van der Waals surface area contributed by atoms with Crippen molar-refractivity contribution in [1.29, 1.82) is 0 Å². The summed E-state index contributed by atoms with van der Waals surface area (Å²) in [7, 11) is 0. The summed E-state index contributed by atoms with van der Waals surface area (Å²) in [5.74, 6) is 0. The lowest BCUT2D eigenvalue weighted by atomic mass is 10.1. The summed E-state index contributed by atoms with van der Waals surface area (Å²) in [5, 5.41) is 6.06. The highest BCUT2D eigenvalue weighted by Gasteiger charge is 2.25. The minimum Gasteiger partial charge on any atom is -0.370 e. The van der Waals surface area contributed by atoms with Gasteiger partial charge in [-0.2, -0.15) is 0 Å². The van der Waals surface area contributed by atoms with E-state index in [1.807, 2.05) is 29.6 Å². The van der Waals surface area contributed by atoms with Crippen LogP contribution in [0, 0.1) is 0 Å². The van der Waals surface area contributed by atoms with Gasteiger partial charge in [0.15, 0.2) is 0 Å². The molecule has 1 aliphatic heterocycles. The van der Waals surface area contributed by atoms with Gasteiger partial charge < -0.3 is 15.0 Å². The van der Waals surface area contributed by atoms with Crippen LogP contribution in [0.3, 0.4) is 0 Å². The van der Waals surface area contributed by atoms with Crippen molar-refractivity contribution in [3.8, 4) is 0 Å². The van der Waals surface area contributed by atoms with Gasteiger partial charge in [0.05, 0.1) is 19.7 Å². The Morgan fingerprint density at radius 2 is 2.13 bits per heavy atom. The topological polar surface area (TPSA) is 41.6 Å². The molecule has 0 spiro atoms. The summed E-state index contributed by atoms with van der Waals surface area (Å²) in [6.07, 6.45) is -0.215. The number of benzene rings is 1. The van der Waals surface area contributed by atoms with Crippen molar-refractivity contribution < 1.29 is 9.53 Å². The molecule has 1 aromatic carbocycles. The van der Waals surface area contributed by atoms with Crippen molar-refractivity contribution in [3.05, 3.63) is 56.2 Å². The Morgan fingerprint density at radius 1 is 1.35 bits per heavy atom. The fourth-order valence-corrected chi connectivity index (χ4v) is 3.67. The molecule has 1 N–H and O–H groups in total. The van der Waals surface area contributed by atoms with Crippen LogP contribution >= 0.6 is 34.5 Å². The SMILES string of the molecule is O=C(NCc1cccs1)N1CCO[C@@H](c2cc(Cl)cc(Cl)c2)C1. The van der Waals surface area contributed by atoms with Crippen LogP contribution in [0.1, 0.15) is 16.5 Å². The van der Waals surface area contributed by atoms with Crippen LogP contribution in [0.4, 0.5) is 4.79 Å². The minimum absolute atomic E-state index is 0.0835. The van der Waals surface area contributed by atoms with Gasteiger partial charge in [-0.15, -0.1) is 11.3 Å². The van der Waals surface area contributed by atoms with E-state index >= 15 is 0 Å². The molecule has 1 atom stereocenters. The second-order valence-corrected chi connectivity index (χ2v) is 7.15. The number of carbonyl (C=O) groups excluding carboxylic acids is 1. The summed E-state index contributed by atoms with van der Waals surface area (Å²) >= 11 is 13.7. The third-order valence-corrected chi connectivity index (χ3v) is 4.92. The number of halogens is 2. The van der Waals surface area contributed by atoms with Crippen molar-refractivity contribution in [3.63, 3.8) is 0 Å². The van der Waals surface area contributed by atoms with E-state index < -0.39 is 0 Å².